The molecule has 0 bridgehead atoms. The van der Waals surface area contributed by atoms with Crippen molar-refractivity contribution < 1.29 is 29.0 Å². The Morgan fingerprint density at radius 3 is 2.88 bits per heavy atom. The van der Waals surface area contributed by atoms with Crippen LogP contribution in [0, 0.1) is 0 Å². The SMILES string of the molecule is CCOC(=O)c1cc2c3c(cc(SOOO)c2[nH]1)N(C(C)=O)CC3. The number of hydrogen-bond donors (Lipinski definition) is 2. The summed E-state index contributed by atoms with van der Waals surface area (Å²) >= 11 is 0.775. The molecule has 128 valence electrons. The zero-order chi connectivity index (χ0) is 17.3. The average molecular weight is 352 g/mol. The van der Waals surface area contributed by atoms with E-state index >= 15 is 0 Å². The Balaban J connectivity index is 2.15. The molecule has 1 aromatic heterocycles. The standard InChI is InChI=1S/C15H16N2O6S/c1-3-21-15(19)11-6-10-9-4-5-17(8(2)18)12(9)7-13(14(10)16-11)24-23-22-20/h6-7,16,20H,3-5H2,1-2H3. The van der Waals surface area contributed by atoms with E-state index in [4.69, 9.17) is 9.99 Å². The van der Waals surface area contributed by atoms with Crippen molar-refractivity contribution in [2.45, 2.75) is 25.2 Å². The summed E-state index contributed by atoms with van der Waals surface area (Å²) in [6.07, 6.45) is 0.688. The molecule has 2 N–H and O–H groups in total. The number of fused-ring (bicyclic) bond motifs is 3. The van der Waals surface area contributed by atoms with E-state index in [-0.39, 0.29) is 12.5 Å². The Morgan fingerprint density at radius 1 is 1.42 bits per heavy atom. The second kappa shape index (κ2) is 6.81. The van der Waals surface area contributed by atoms with E-state index < -0.39 is 5.97 Å². The van der Waals surface area contributed by atoms with E-state index in [9.17, 15) is 9.59 Å². The van der Waals surface area contributed by atoms with E-state index in [1.165, 1.54) is 6.92 Å². The Kier molecular flexibility index (Phi) is 4.76. The van der Waals surface area contributed by atoms with Gasteiger partial charge in [0.25, 0.3) is 0 Å². The van der Waals surface area contributed by atoms with Gasteiger partial charge >= 0.3 is 5.97 Å². The number of ether oxygens (including phenoxy) is 1. The van der Waals surface area contributed by atoms with Crippen LogP contribution in [0.5, 0.6) is 0 Å². The van der Waals surface area contributed by atoms with Gasteiger partial charge in [-0.05, 0) is 31.0 Å². The molecule has 0 fully saturated rings. The summed E-state index contributed by atoms with van der Waals surface area (Å²) in [4.78, 5) is 29.1. The molecule has 1 amide bonds. The molecule has 3 rings (SSSR count). The summed E-state index contributed by atoms with van der Waals surface area (Å²) in [5, 5.41) is 12.9. The summed E-state index contributed by atoms with van der Waals surface area (Å²) < 4.78 is 9.55. The molecule has 2 aromatic rings. The number of hydrogen-bond acceptors (Lipinski definition) is 7. The lowest BCUT2D eigenvalue weighted by molar-refractivity contribution is -0.432. The molecule has 0 radical (unpaired) electrons. The fourth-order valence-corrected chi connectivity index (χ4v) is 3.43. The van der Waals surface area contributed by atoms with Crippen LogP contribution >= 0.6 is 12.0 Å². The van der Waals surface area contributed by atoms with E-state index in [0.29, 0.717) is 29.1 Å². The zero-order valence-electron chi connectivity index (χ0n) is 13.1. The summed E-state index contributed by atoms with van der Waals surface area (Å²) in [6, 6.07) is 3.47. The zero-order valence-corrected chi connectivity index (χ0v) is 13.9. The number of carbonyl (C=O) groups excluding carboxylic acids is 2. The number of benzene rings is 1. The van der Waals surface area contributed by atoms with Gasteiger partial charge in [-0.2, -0.15) is 0 Å². The molecule has 0 spiro atoms. The fourth-order valence-electron chi connectivity index (χ4n) is 2.92. The Morgan fingerprint density at radius 2 is 2.21 bits per heavy atom. The summed E-state index contributed by atoms with van der Waals surface area (Å²) in [6.45, 7) is 4.08. The minimum absolute atomic E-state index is 0.0653. The molecule has 0 unspecified atom stereocenters. The first-order valence-corrected chi connectivity index (χ1v) is 8.09. The van der Waals surface area contributed by atoms with Crippen molar-refractivity contribution in [2.24, 2.45) is 0 Å². The van der Waals surface area contributed by atoms with E-state index in [0.717, 1.165) is 28.7 Å². The van der Waals surface area contributed by atoms with E-state index in [2.05, 4.69) is 14.4 Å². The molecule has 0 saturated carbocycles. The van der Waals surface area contributed by atoms with Gasteiger partial charge in [-0.25, -0.2) is 10.1 Å². The monoisotopic (exact) mass is 352 g/mol. The lowest BCUT2D eigenvalue weighted by Gasteiger charge is -2.15. The third-order valence-corrected chi connectivity index (χ3v) is 4.50. The third-order valence-electron chi connectivity index (χ3n) is 3.87. The second-order valence-electron chi connectivity index (χ2n) is 5.21. The number of carbonyl (C=O) groups is 2. The molecule has 24 heavy (non-hydrogen) atoms. The van der Waals surface area contributed by atoms with Gasteiger partial charge in [0.05, 0.1) is 29.1 Å². The van der Waals surface area contributed by atoms with Crippen LogP contribution in [0.25, 0.3) is 10.9 Å². The topological polar surface area (TPSA) is 101 Å². The number of aromatic amines is 1. The Bertz CT molecular complexity index is 803. The van der Waals surface area contributed by atoms with Gasteiger partial charge in [-0.15, -0.1) is 4.33 Å². The molecular formula is C15H16N2O6S. The van der Waals surface area contributed by atoms with Gasteiger partial charge < -0.3 is 14.6 Å². The highest BCUT2D eigenvalue weighted by Crippen LogP contribution is 2.40. The van der Waals surface area contributed by atoms with Crippen LogP contribution in [0.4, 0.5) is 5.69 Å². The van der Waals surface area contributed by atoms with Crippen molar-refractivity contribution in [3.63, 3.8) is 0 Å². The first-order valence-electron chi connectivity index (χ1n) is 7.35. The van der Waals surface area contributed by atoms with Crippen LogP contribution in [-0.2, 0) is 25.3 Å². The summed E-state index contributed by atoms with van der Waals surface area (Å²) in [7, 11) is 0. The molecule has 8 nitrogen and oxygen atoms in total. The van der Waals surface area contributed by atoms with Gasteiger partial charge in [0.1, 0.15) is 5.69 Å². The number of esters is 1. The summed E-state index contributed by atoms with van der Waals surface area (Å²) in [5.74, 6) is -0.524. The number of rotatable bonds is 5. The predicted octanol–water partition coefficient (Wildman–Crippen LogP) is 2.68. The fraction of sp³-hybridized carbons (Fsp3) is 0.333. The van der Waals surface area contributed by atoms with E-state index in [1.807, 2.05) is 0 Å². The molecule has 9 heteroatoms. The number of H-pyrrole nitrogens is 1. The highest BCUT2D eigenvalue weighted by atomic mass is 32.2. The second-order valence-corrected chi connectivity index (χ2v) is 5.95. The quantitative estimate of drug-likeness (QED) is 0.369. The molecule has 1 aliphatic rings. The van der Waals surface area contributed by atoms with Gasteiger partial charge in [0.15, 0.2) is 0 Å². The minimum atomic E-state index is -0.459. The Labute approximate surface area is 141 Å². The maximum Gasteiger partial charge on any atom is 0.354 e. The molecule has 1 aromatic carbocycles. The molecular weight excluding hydrogens is 336 g/mol. The molecule has 0 aliphatic carbocycles. The van der Waals surface area contributed by atoms with Crippen molar-refractivity contribution in [1.82, 2.24) is 4.98 Å². The van der Waals surface area contributed by atoms with Gasteiger partial charge in [0, 0.05) is 24.5 Å². The maximum atomic E-state index is 12.0. The lowest BCUT2D eigenvalue weighted by Crippen LogP contribution is -2.25. The van der Waals surface area contributed by atoms with Crippen LogP contribution in [0.3, 0.4) is 0 Å². The number of anilines is 1. The minimum Gasteiger partial charge on any atom is -0.461 e. The lowest BCUT2D eigenvalue weighted by atomic mass is 10.1. The first kappa shape index (κ1) is 16.8. The van der Waals surface area contributed by atoms with Crippen molar-refractivity contribution >= 4 is 40.5 Å². The number of nitrogens with zero attached hydrogens (tertiary/aromatic N) is 1. The highest BCUT2D eigenvalue weighted by Gasteiger charge is 2.27. The predicted molar refractivity (Wildman–Crippen MR) is 86.6 cm³/mol. The summed E-state index contributed by atoms with van der Waals surface area (Å²) in [5.41, 5.74) is 2.70. The highest BCUT2D eigenvalue weighted by molar-refractivity contribution is 7.94. The average Bonchev–Trinajstić information content (AvgIpc) is 3.16. The van der Waals surface area contributed by atoms with Crippen molar-refractivity contribution in [3.05, 3.63) is 23.4 Å². The molecule has 2 heterocycles. The number of aromatic nitrogens is 1. The van der Waals surface area contributed by atoms with Gasteiger partial charge in [0.2, 0.25) is 5.91 Å². The van der Waals surface area contributed by atoms with Crippen molar-refractivity contribution in [2.75, 3.05) is 18.1 Å². The van der Waals surface area contributed by atoms with Crippen LogP contribution in [0.15, 0.2) is 17.0 Å². The maximum absolute atomic E-state index is 12.0. The normalized spacial score (nSPS) is 13.4. The molecule has 1 aliphatic heterocycles. The van der Waals surface area contributed by atoms with Crippen LogP contribution in [0.1, 0.15) is 29.9 Å². The number of amides is 1. The van der Waals surface area contributed by atoms with Gasteiger partial charge in [-0.3, -0.25) is 4.79 Å². The molecule has 0 saturated heterocycles. The van der Waals surface area contributed by atoms with Crippen LogP contribution in [-0.4, -0.2) is 35.3 Å². The smallest absolute Gasteiger partial charge is 0.354 e. The van der Waals surface area contributed by atoms with Gasteiger partial charge in [-0.1, -0.05) is 5.04 Å². The first-order chi connectivity index (χ1) is 11.6. The van der Waals surface area contributed by atoms with Crippen LogP contribution < -0.4 is 4.90 Å². The van der Waals surface area contributed by atoms with Crippen LogP contribution in [0.2, 0.25) is 0 Å². The third kappa shape index (κ3) is 2.86. The van der Waals surface area contributed by atoms with Crippen molar-refractivity contribution in [1.29, 1.82) is 0 Å². The number of nitrogens with one attached hydrogen (secondary N) is 1. The molecule has 0 atom stereocenters. The van der Waals surface area contributed by atoms with Crippen molar-refractivity contribution in [3.8, 4) is 0 Å². The largest absolute Gasteiger partial charge is 0.461 e. The Hall–Kier alpha value is -2.07. The van der Waals surface area contributed by atoms with E-state index in [1.54, 1.807) is 24.0 Å².